The first-order chi connectivity index (χ1) is 12.2. The van der Waals surface area contributed by atoms with Gasteiger partial charge in [0.25, 0.3) is 5.91 Å². The number of para-hydroxylation sites is 1. The van der Waals surface area contributed by atoms with Crippen molar-refractivity contribution < 1.29 is 19.0 Å². The van der Waals surface area contributed by atoms with Gasteiger partial charge in [0.2, 0.25) is 0 Å². The van der Waals surface area contributed by atoms with E-state index >= 15 is 0 Å². The molecule has 2 aromatic rings. The molecule has 0 fully saturated rings. The zero-order valence-electron chi connectivity index (χ0n) is 14.8. The molecule has 0 saturated carbocycles. The van der Waals surface area contributed by atoms with Crippen LogP contribution in [0.1, 0.15) is 15.9 Å². The van der Waals surface area contributed by atoms with Crippen molar-refractivity contribution in [1.29, 1.82) is 0 Å². The summed E-state index contributed by atoms with van der Waals surface area (Å²) in [6, 6.07) is 12.9. The molecule has 2 aromatic carbocycles. The molecular formula is C19H24N2O4. The Morgan fingerprint density at radius 3 is 2.32 bits per heavy atom. The second-order valence-corrected chi connectivity index (χ2v) is 5.31. The Labute approximate surface area is 148 Å². The summed E-state index contributed by atoms with van der Waals surface area (Å²) in [6.07, 6.45) is 0. The fourth-order valence-corrected chi connectivity index (χ4v) is 2.42. The Hall–Kier alpha value is -2.73. The molecule has 134 valence electrons. The van der Waals surface area contributed by atoms with E-state index in [0.29, 0.717) is 36.7 Å². The first-order valence-corrected chi connectivity index (χ1v) is 8.02. The lowest BCUT2D eigenvalue weighted by atomic mass is 10.2. The van der Waals surface area contributed by atoms with Gasteiger partial charge in [-0.15, -0.1) is 0 Å². The topological polar surface area (TPSA) is 68.8 Å². The quantitative estimate of drug-likeness (QED) is 0.683. The van der Waals surface area contributed by atoms with Crippen molar-refractivity contribution in [2.75, 3.05) is 34.4 Å². The number of hydrogen-bond donors (Lipinski definition) is 2. The van der Waals surface area contributed by atoms with Crippen molar-refractivity contribution >= 4 is 5.91 Å². The van der Waals surface area contributed by atoms with Crippen LogP contribution in [0.25, 0.3) is 0 Å². The number of methoxy groups -OCH3 is 3. The summed E-state index contributed by atoms with van der Waals surface area (Å²) < 4.78 is 15.7. The highest BCUT2D eigenvalue weighted by Crippen LogP contribution is 2.27. The molecule has 0 aliphatic rings. The van der Waals surface area contributed by atoms with Crippen LogP contribution in [0.15, 0.2) is 42.5 Å². The first-order valence-electron chi connectivity index (χ1n) is 8.02. The maximum absolute atomic E-state index is 12.2. The van der Waals surface area contributed by atoms with E-state index in [9.17, 15) is 4.79 Å². The van der Waals surface area contributed by atoms with E-state index < -0.39 is 0 Å². The number of amides is 1. The van der Waals surface area contributed by atoms with Gasteiger partial charge in [-0.3, -0.25) is 4.79 Å². The Morgan fingerprint density at radius 1 is 0.880 bits per heavy atom. The highest BCUT2D eigenvalue weighted by molar-refractivity contribution is 5.94. The zero-order chi connectivity index (χ0) is 18.1. The van der Waals surface area contributed by atoms with E-state index in [1.165, 1.54) is 0 Å². The van der Waals surface area contributed by atoms with E-state index in [0.717, 1.165) is 11.3 Å². The standard InChI is InChI=1S/C19H24N2O4/c1-23-16-7-5-4-6-15(16)13-20-10-11-21-19(22)14-8-9-17(24-2)18(12-14)25-3/h4-9,12,20H,10-11,13H2,1-3H3,(H,21,22). The molecule has 0 aromatic heterocycles. The predicted molar refractivity (Wildman–Crippen MR) is 96.6 cm³/mol. The molecule has 6 nitrogen and oxygen atoms in total. The number of benzene rings is 2. The van der Waals surface area contributed by atoms with Crippen LogP contribution in [0.4, 0.5) is 0 Å². The molecule has 0 bridgehead atoms. The Bertz CT molecular complexity index is 704. The summed E-state index contributed by atoms with van der Waals surface area (Å²) in [7, 11) is 4.76. The Kier molecular flexibility index (Phi) is 7.10. The maximum Gasteiger partial charge on any atom is 0.251 e. The minimum absolute atomic E-state index is 0.153. The number of rotatable bonds is 9. The molecule has 0 atom stereocenters. The van der Waals surface area contributed by atoms with Crippen LogP contribution in [0, 0.1) is 0 Å². The van der Waals surface area contributed by atoms with Crippen molar-refractivity contribution in [3.63, 3.8) is 0 Å². The SMILES string of the molecule is COc1ccccc1CNCCNC(=O)c1ccc(OC)c(OC)c1. The van der Waals surface area contributed by atoms with Crippen LogP contribution < -0.4 is 24.8 Å². The number of hydrogen-bond acceptors (Lipinski definition) is 5. The van der Waals surface area contributed by atoms with Gasteiger partial charge < -0.3 is 24.8 Å². The molecule has 0 radical (unpaired) electrons. The van der Waals surface area contributed by atoms with Gasteiger partial charge >= 0.3 is 0 Å². The lowest BCUT2D eigenvalue weighted by molar-refractivity contribution is 0.0953. The minimum atomic E-state index is -0.153. The van der Waals surface area contributed by atoms with Crippen molar-refractivity contribution in [2.45, 2.75) is 6.54 Å². The summed E-state index contributed by atoms with van der Waals surface area (Å²) in [4.78, 5) is 12.2. The van der Waals surface area contributed by atoms with E-state index in [1.807, 2.05) is 24.3 Å². The molecule has 0 unspecified atom stereocenters. The lowest BCUT2D eigenvalue weighted by Crippen LogP contribution is -2.31. The molecule has 0 aliphatic heterocycles. The predicted octanol–water partition coefficient (Wildman–Crippen LogP) is 2.23. The van der Waals surface area contributed by atoms with E-state index in [2.05, 4.69) is 10.6 Å². The molecule has 0 aliphatic carbocycles. The van der Waals surface area contributed by atoms with Gasteiger partial charge in [-0.25, -0.2) is 0 Å². The molecule has 6 heteroatoms. The molecular weight excluding hydrogens is 320 g/mol. The molecule has 1 amide bonds. The van der Waals surface area contributed by atoms with Crippen LogP contribution in [-0.2, 0) is 6.54 Å². The van der Waals surface area contributed by atoms with Crippen molar-refractivity contribution in [1.82, 2.24) is 10.6 Å². The molecule has 0 heterocycles. The second-order valence-electron chi connectivity index (χ2n) is 5.31. The van der Waals surface area contributed by atoms with Crippen LogP contribution >= 0.6 is 0 Å². The normalized spacial score (nSPS) is 10.2. The molecule has 25 heavy (non-hydrogen) atoms. The fraction of sp³-hybridized carbons (Fsp3) is 0.316. The average Bonchev–Trinajstić information content (AvgIpc) is 2.67. The van der Waals surface area contributed by atoms with Crippen molar-refractivity contribution in [3.8, 4) is 17.2 Å². The lowest BCUT2D eigenvalue weighted by Gasteiger charge is -2.11. The van der Waals surface area contributed by atoms with Crippen LogP contribution in [0.5, 0.6) is 17.2 Å². The van der Waals surface area contributed by atoms with E-state index in [-0.39, 0.29) is 5.91 Å². The van der Waals surface area contributed by atoms with Crippen LogP contribution in [0.2, 0.25) is 0 Å². The summed E-state index contributed by atoms with van der Waals surface area (Å²) in [5, 5.41) is 6.16. The van der Waals surface area contributed by atoms with Crippen molar-refractivity contribution in [3.05, 3.63) is 53.6 Å². The fourth-order valence-electron chi connectivity index (χ4n) is 2.42. The van der Waals surface area contributed by atoms with E-state index in [4.69, 9.17) is 14.2 Å². The third-order valence-corrected chi connectivity index (χ3v) is 3.74. The summed E-state index contributed by atoms with van der Waals surface area (Å²) >= 11 is 0. The van der Waals surface area contributed by atoms with Gasteiger partial charge in [-0.05, 0) is 24.3 Å². The van der Waals surface area contributed by atoms with E-state index in [1.54, 1.807) is 39.5 Å². The number of carbonyl (C=O) groups is 1. The van der Waals surface area contributed by atoms with Gasteiger partial charge in [-0.1, -0.05) is 18.2 Å². The van der Waals surface area contributed by atoms with Gasteiger partial charge in [-0.2, -0.15) is 0 Å². The summed E-state index contributed by atoms with van der Waals surface area (Å²) in [5.41, 5.74) is 1.61. The smallest absolute Gasteiger partial charge is 0.251 e. The first kappa shape index (κ1) is 18.6. The van der Waals surface area contributed by atoms with Crippen LogP contribution in [0.3, 0.4) is 0 Å². The maximum atomic E-state index is 12.2. The minimum Gasteiger partial charge on any atom is -0.496 e. The highest BCUT2D eigenvalue weighted by atomic mass is 16.5. The number of ether oxygens (including phenoxy) is 3. The molecule has 0 spiro atoms. The third kappa shape index (κ3) is 5.12. The van der Waals surface area contributed by atoms with Gasteiger partial charge in [0.05, 0.1) is 21.3 Å². The van der Waals surface area contributed by atoms with Gasteiger partial charge in [0, 0.05) is 30.8 Å². The Morgan fingerprint density at radius 2 is 1.60 bits per heavy atom. The average molecular weight is 344 g/mol. The molecule has 2 N–H and O–H groups in total. The molecule has 2 rings (SSSR count). The largest absolute Gasteiger partial charge is 0.496 e. The third-order valence-electron chi connectivity index (χ3n) is 3.74. The van der Waals surface area contributed by atoms with Crippen LogP contribution in [-0.4, -0.2) is 40.3 Å². The van der Waals surface area contributed by atoms with Crippen molar-refractivity contribution in [2.24, 2.45) is 0 Å². The van der Waals surface area contributed by atoms with Gasteiger partial charge in [0.1, 0.15) is 5.75 Å². The summed E-state index contributed by atoms with van der Waals surface area (Å²) in [5.74, 6) is 1.83. The zero-order valence-corrected chi connectivity index (χ0v) is 14.8. The Balaban J connectivity index is 1.79. The summed E-state index contributed by atoms with van der Waals surface area (Å²) in [6.45, 7) is 1.84. The number of carbonyl (C=O) groups excluding carboxylic acids is 1. The van der Waals surface area contributed by atoms with Gasteiger partial charge in [0.15, 0.2) is 11.5 Å². The monoisotopic (exact) mass is 344 g/mol. The molecule has 0 saturated heterocycles. The number of nitrogens with one attached hydrogen (secondary N) is 2. The second kappa shape index (κ2) is 9.54. The highest BCUT2D eigenvalue weighted by Gasteiger charge is 2.10.